The Kier molecular flexibility index (Phi) is 2.46. The summed E-state index contributed by atoms with van der Waals surface area (Å²) in [5, 5.41) is 10.9. The SMILES string of the molecule is C=C1C(=O)OC2C1CCC13COOC1CCC(C)(O)C23. The smallest absolute Gasteiger partial charge is 0.334 e. The van der Waals surface area contributed by atoms with Crippen LogP contribution in [0.2, 0.25) is 0 Å². The molecule has 0 bridgehead atoms. The Bertz CT molecular complexity index is 485. The van der Waals surface area contributed by atoms with Crippen LogP contribution in [-0.2, 0) is 19.3 Å². The number of hydrogen-bond acceptors (Lipinski definition) is 5. The Morgan fingerprint density at radius 3 is 2.95 bits per heavy atom. The fourth-order valence-corrected chi connectivity index (χ4v) is 5.00. The van der Waals surface area contributed by atoms with Crippen LogP contribution in [0.25, 0.3) is 0 Å². The van der Waals surface area contributed by atoms with Crippen molar-refractivity contribution in [2.75, 3.05) is 6.61 Å². The van der Waals surface area contributed by atoms with Crippen LogP contribution in [0.3, 0.4) is 0 Å². The number of carbonyl (C=O) groups excluding carboxylic acids is 1. The molecule has 2 heterocycles. The van der Waals surface area contributed by atoms with Crippen LogP contribution >= 0.6 is 0 Å². The number of esters is 1. The van der Waals surface area contributed by atoms with Gasteiger partial charge in [0.15, 0.2) is 0 Å². The second-order valence-corrected chi connectivity index (χ2v) is 6.99. The summed E-state index contributed by atoms with van der Waals surface area (Å²) in [7, 11) is 0. The van der Waals surface area contributed by atoms with E-state index in [9.17, 15) is 9.90 Å². The highest BCUT2D eigenvalue weighted by Crippen LogP contribution is 2.61. The van der Waals surface area contributed by atoms with Crippen LogP contribution in [0, 0.1) is 17.3 Å². The van der Waals surface area contributed by atoms with Gasteiger partial charge in [0, 0.05) is 22.8 Å². The molecular formula is C15H20O5. The number of aliphatic hydroxyl groups is 1. The number of ether oxygens (including phenoxy) is 1. The van der Waals surface area contributed by atoms with Gasteiger partial charge < -0.3 is 9.84 Å². The molecule has 0 radical (unpaired) electrons. The molecule has 0 amide bonds. The van der Waals surface area contributed by atoms with E-state index in [1.165, 1.54) is 0 Å². The van der Waals surface area contributed by atoms with E-state index < -0.39 is 5.60 Å². The average Bonchev–Trinajstić information content (AvgIpc) is 2.91. The van der Waals surface area contributed by atoms with E-state index in [0.29, 0.717) is 18.6 Å². The second-order valence-electron chi connectivity index (χ2n) is 6.99. The summed E-state index contributed by atoms with van der Waals surface area (Å²) in [5.41, 5.74) is -0.530. The van der Waals surface area contributed by atoms with E-state index in [1.54, 1.807) is 0 Å². The third kappa shape index (κ3) is 1.41. The van der Waals surface area contributed by atoms with Crippen molar-refractivity contribution in [3.05, 3.63) is 12.2 Å². The molecule has 4 fully saturated rings. The van der Waals surface area contributed by atoms with E-state index in [4.69, 9.17) is 14.5 Å². The van der Waals surface area contributed by atoms with Crippen molar-refractivity contribution in [1.29, 1.82) is 0 Å². The quantitative estimate of drug-likeness (QED) is 0.412. The maximum atomic E-state index is 11.8. The Morgan fingerprint density at radius 1 is 1.35 bits per heavy atom. The molecule has 0 aromatic rings. The first-order valence-corrected chi connectivity index (χ1v) is 7.36. The molecule has 2 aliphatic carbocycles. The molecule has 4 rings (SSSR count). The van der Waals surface area contributed by atoms with Crippen LogP contribution < -0.4 is 0 Å². The van der Waals surface area contributed by atoms with E-state index in [2.05, 4.69) is 6.58 Å². The predicted octanol–water partition coefficient (Wildman–Crippen LogP) is 1.36. The highest BCUT2D eigenvalue weighted by molar-refractivity contribution is 5.91. The van der Waals surface area contributed by atoms with Gasteiger partial charge in [0.1, 0.15) is 12.2 Å². The van der Waals surface area contributed by atoms with Crippen molar-refractivity contribution >= 4 is 5.97 Å². The lowest BCUT2D eigenvalue weighted by molar-refractivity contribution is -0.283. The van der Waals surface area contributed by atoms with Crippen LogP contribution in [0.5, 0.6) is 0 Å². The molecule has 6 atom stereocenters. The number of rotatable bonds is 0. The minimum Gasteiger partial charge on any atom is -0.458 e. The van der Waals surface area contributed by atoms with Gasteiger partial charge in [0.05, 0.1) is 12.2 Å². The van der Waals surface area contributed by atoms with Gasteiger partial charge in [-0.3, -0.25) is 0 Å². The van der Waals surface area contributed by atoms with Gasteiger partial charge in [0.25, 0.3) is 0 Å². The van der Waals surface area contributed by atoms with Crippen molar-refractivity contribution in [1.82, 2.24) is 0 Å². The molecule has 0 aromatic carbocycles. The zero-order valence-electron chi connectivity index (χ0n) is 11.6. The molecule has 5 nitrogen and oxygen atoms in total. The van der Waals surface area contributed by atoms with Gasteiger partial charge in [-0.1, -0.05) is 6.58 Å². The highest BCUT2D eigenvalue weighted by atomic mass is 17.2. The lowest BCUT2D eigenvalue weighted by atomic mass is 9.51. The van der Waals surface area contributed by atoms with Crippen molar-refractivity contribution in [2.24, 2.45) is 17.3 Å². The molecule has 2 saturated heterocycles. The first kappa shape index (κ1) is 12.8. The first-order valence-electron chi connectivity index (χ1n) is 7.36. The van der Waals surface area contributed by atoms with E-state index in [0.717, 1.165) is 19.3 Å². The molecule has 2 saturated carbocycles. The zero-order chi connectivity index (χ0) is 14.1. The molecule has 0 aromatic heterocycles. The van der Waals surface area contributed by atoms with Gasteiger partial charge in [-0.05, 0) is 32.6 Å². The molecule has 2 aliphatic heterocycles. The Balaban J connectivity index is 1.79. The third-order valence-electron chi connectivity index (χ3n) is 5.95. The standard InChI is InChI=1S/C15H20O5/c1-8-9-3-6-15-7-18-20-10(15)4-5-14(2,17)12(15)11(9)19-13(8)16/h9-12,17H,1,3-7H2,2H3. The number of hydrogen-bond donors (Lipinski definition) is 1. The van der Waals surface area contributed by atoms with Gasteiger partial charge in [-0.25, -0.2) is 14.6 Å². The molecule has 1 spiro atoms. The molecule has 6 unspecified atom stereocenters. The van der Waals surface area contributed by atoms with Gasteiger partial charge in [-0.15, -0.1) is 0 Å². The van der Waals surface area contributed by atoms with Crippen LogP contribution in [0.4, 0.5) is 0 Å². The van der Waals surface area contributed by atoms with Gasteiger partial charge >= 0.3 is 5.97 Å². The summed E-state index contributed by atoms with van der Waals surface area (Å²) >= 11 is 0. The molecule has 20 heavy (non-hydrogen) atoms. The van der Waals surface area contributed by atoms with Gasteiger partial charge in [-0.2, -0.15) is 0 Å². The Labute approximate surface area is 117 Å². The third-order valence-corrected chi connectivity index (χ3v) is 5.95. The van der Waals surface area contributed by atoms with Crippen LogP contribution in [0.1, 0.15) is 32.6 Å². The van der Waals surface area contributed by atoms with Gasteiger partial charge in [0.2, 0.25) is 0 Å². The van der Waals surface area contributed by atoms with Crippen LogP contribution in [0.15, 0.2) is 12.2 Å². The number of carbonyl (C=O) groups is 1. The summed E-state index contributed by atoms with van der Waals surface area (Å²) in [6.45, 7) is 6.20. The normalized spacial score (nSPS) is 54.1. The largest absolute Gasteiger partial charge is 0.458 e. The summed E-state index contributed by atoms with van der Waals surface area (Å²) in [5.74, 6) is -0.419. The second kappa shape index (κ2) is 3.84. The topological polar surface area (TPSA) is 65.0 Å². The maximum absolute atomic E-state index is 11.8. The summed E-state index contributed by atoms with van der Waals surface area (Å²) < 4.78 is 5.58. The van der Waals surface area contributed by atoms with Crippen molar-refractivity contribution in [2.45, 2.75) is 50.4 Å². The Morgan fingerprint density at radius 2 is 2.15 bits per heavy atom. The first-order chi connectivity index (χ1) is 9.46. The van der Waals surface area contributed by atoms with Crippen LogP contribution in [-0.4, -0.2) is 35.5 Å². The minimum atomic E-state index is -0.859. The highest BCUT2D eigenvalue weighted by Gasteiger charge is 2.67. The fourth-order valence-electron chi connectivity index (χ4n) is 5.00. The monoisotopic (exact) mass is 280 g/mol. The number of fused-ring (bicyclic) bond motifs is 2. The van der Waals surface area contributed by atoms with Crippen molar-refractivity contribution < 1.29 is 24.4 Å². The molecule has 110 valence electrons. The summed E-state index contributed by atoms with van der Waals surface area (Å²) in [4.78, 5) is 22.6. The summed E-state index contributed by atoms with van der Waals surface area (Å²) in [6, 6.07) is 0. The predicted molar refractivity (Wildman–Crippen MR) is 68.3 cm³/mol. The lowest BCUT2D eigenvalue weighted by Crippen LogP contribution is -2.63. The minimum absolute atomic E-state index is 0.00115. The van der Waals surface area contributed by atoms with E-state index in [-0.39, 0.29) is 35.4 Å². The summed E-state index contributed by atoms with van der Waals surface area (Å²) in [6.07, 6.45) is 2.88. The molecule has 5 heteroatoms. The van der Waals surface area contributed by atoms with E-state index >= 15 is 0 Å². The average molecular weight is 280 g/mol. The molecule has 1 N–H and O–H groups in total. The fraction of sp³-hybridized carbons (Fsp3) is 0.800. The lowest BCUT2D eigenvalue weighted by Gasteiger charge is -2.55. The zero-order valence-corrected chi connectivity index (χ0v) is 11.6. The molecular weight excluding hydrogens is 260 g/mol. The van der Waals surface area contributed by atoms with Crippen molar-refractivity contribution in [3.8, 4) is 0 Å². The Hall–Kier alpha value is -0.910. The van der Waals surface area contributed by atoms with E-state index in [1.807, 2.05) is 6.92 Å². The molecule has 4 aliphatic rings. The maximum Gasteiger partial charge on any atom is 0.334 e. The van der Waals surface area contributed by atoms with Crippen molar-refractivity contribution in [3.63, 3.8) is 0 Å².